The number of carbonyl (C=O) groups is 2. The fraction of sp³-hybridized carbons (Fsp3) is 0.429. The molecule has 0 saturated carbocycles. The van der Waals surface area contributed by atoms with Crippen molar-refractivity contribution < 1.29 is 19.8 Å². The molecule has 1 saturated heterocycles. The van der Waals surface area contributed by atoms with Crippen LogP contribution >= 0.6 is 0 Å². The number of rotatable bonds is 3. The number of hydrogen-bond acceptors (Lipinski definition) is 4. The quantitative estimate of drug-likeness (QED) is 0.761. The molecule has 2 rings (SSSR count). The minimum Gasteiger partial charge on any atom is -0.508 e. The zero-order valence-corrected chi connectivity index (χ0v) is 11.1. The Bertz CT molecular complexity index is 502. The van der Waals surface area contributed by atoms with Crippen LogP contribution in [0.2, 0.25) is 0 Å². The highest BCUT2D eigenvalue weighted by molar-refractivity contribution is 5.95. The van der Waals surface area contributed by atoms with E-state index in [2.05, 4.69) is 0 Å². The molecule has 1 fully saturated rings. The maximum atomic E-state index is 12.2. The molecule has 1 aromatic rings. The lowest BCUT2D eigenvalue weighted by Gasteiger charge is -2.31. The first-order valence-electron chi connectivity index (χ1n) is 6.56. The molecule has 1 heterocycles. The molecule has 0 aliphatic carbocycles. The maximum Gasteiger partial charge on any atom is 0.254 e. The number of phenols is 2. The Balaban J connectivity index is 1.99. The van der Waals surface area contributed by atoms with Crippen molar-refractivity contribution in [3.63, 3.8) is 0 Å². The second-order valence-electron chi connectivity index (χ2n) is 5.14. The Morgan fingerprint density at radius 3 is 2.20 bits per heavy atom. The second kappa shape index (κ2) is 5.81. The highest BCUT2D eigenvalue weighted by atomic mass is 16.3. The number of phenolic OH excluding ortho intramolecular Hbond substituents is 2. The molecule has 0 unspecified atom stereocenters. The van der Waals surface area contributed by atoms with Crippen LogP contribution in [0.3, 0.4) is 0 Å². The van der Waals surface area contributed by atoms with Gasteiger partial charge in [-0.3, -0.25) is 9.59 Å². The molecule has 0 bridgehead atoms. The van der Waals surface area contributed by atoms with E-state index >= 15 is 0 Å². The van der Waals surface area contributed by atoms with E-state index in [1.807, 2.05) is 0 Å². The predicted octanol–water partition coefficient (Wildman–Crippen LogP) is 0.825. The van der Waals surface area contributed by atoms with Gasteiger partial charge in [0.05, 0.1) is 0 Å². The SMILES string of the molecule is NC(=O)CC1CCN(C(=O)c2cc(O)cc(O)c2)CC1. The summed E-state index contributed by atoms with van der Waals surface area (Å²) in [6.07, 6.45) is 1.83. The zero-order chi connectivity index (χ0) is 14.7. The third-order valence-corrected chi connectivity index (χ3v) is 3.54. The number of nitrogens with two attached hydrogens (primary N) is 1. The number of piperidine rings is 1. The average molecular weight is 278 g/mol. The van der Waals surface area contributed by atoms with Crippen molar-refractivity contribution in [3.8, 4) is 11.5 Å². The molecule has 1 aliphatic heterocycles. The van der Waals surface area contributed by atoms with Crippen molar-refractivity contribution >= 4 is 11.8 Å². The van der Waals surface area contributed by atoms with E-state index in [-0.39, 0.29) is 34.8 Å². The van der Waals surface area contributed by atoms with Gasteiger partial charge in [-0.25, -0.2) is 0 Å². The number of nitrogens with zero attached hydrogens (tertiary/aromatic N) is 1. The van der Waals surface area contributed by atoms with Gasteiger partial charge in [-0.1, -0.05) is 0 Å². The molecule has 0 aromatic heterocycles. The lowest BCUT2D eigenvalue weighted by molar-refractivity contribution is -0.119. The first-order valence-corrected chi connectivity index (χ1v) is 6.56. The molecular weight excluding hydrogens is 260 g/mol. The van der Waals surface area contributed by atoms with Crippen LogP contribution in [0.5, 0.6) is 11.5 Å². The summed E-state index contributed by atoms with van der Waals surface area (Å²) in [6, 6.07) is 3.84. The molecule has 4 N–H and O–H groups in total. The van der Waals surface area contributed by atoms with Crippen LogP contribution in [0.4, 0.5) is 0 Å². The van der Waals surface area contributed by atoms with Crippen LogP contribution in [0.25, 0.3) is 0 Å². The Morgan fingerprint density at radius 2 is 1.70 bits per heavy atom. The number of primary amides is 1. The Morgan fingerprint density at radius 1 is 1.15 bits per heavy atom. The summed E-state index contributed by atoms with van der Waals surface area (Å²) in [5.74, 6) is -0.593. The van der Waals surface area contributed by atoms with Crippen LogP contribution < -0.4 is 5.73 Å². The van der Waals surface area contributed by atoms with Gasteiger partial charge in [0.2, 0.25) is 5.91 Å². The normalized spacial score (nSPS) is 16.1. The Labute approximate surface area is 116 Å². The number of hydrogen-bond donors (Lipinski definition) is 3. The summed E-state index contributed by atoms with van der Waals surface area (Å²) in [6.45, 7) is 1.10. The first-order chi connectivity index (χ1) is 9.45. The van der Waals surface area contributed by atoms with Gasteiger partial charge in [0.15, 0.2) is 0 Å². The van der Waals surface area contributed by atoms with Crippen LogP contribution in [0, 0.1) is 5.92 Å². The molecule has 0 spiro atoms. The van der Waals surface area contributed by atoms with E-state index in [0.717, 1.165) is 12.8 Å². The largest absolute Gasteiger partial charge is 0.508 e. The van der Waals surface area contributed by atoms with Gasteiger partial charge in [-0.05, 0) is 30.9 Å². The van der Waals surface area contributed by atoms with E-state index < -0.39 is 0 Å². The van der Waals surface area contributed by atoms with Crippen molar-refractivity contribution in [3.05, 3.63) is 23.8 Å². The van der Waals surface area contributed by atoms with Crippen LogP contribution in [0.1, 0.15) is 29.6 Å². The average Bonchev–Trinajstić information content (AvgIpc) is 2.37. The highest BCUT2D eigenvalue weighted by Crippen LogP contribution is 2.25. The maximum absolute atomic E-state index is 12.2. The van der Waals surface area contributed by atoms with E-state index in [1.165, 1.54) is 18.2 Å². The molecule has 6 heteroatoms. The van der Waals surface area contributed by atoms with Crippen molar-refractivity contribution in [2.45, 2.75) is 19.3 Å². The van der Waals surface area contributed by atoms with Gasteiger partial charge >= 0.3 is 0 Å². The lowest BCUT2D eigenvalue weighted by atomic mass is 9.93. The Hall–Kier alpha value is -2.24. The number of benzene rings is 1. The molecular formula is C14H18N2O4. The smallest absolute Gasteiger partial charge is 0.254 e. The fourth-order valence-electron chi connectivity index (χ4n) is 2.53. The minimum absolute atomic E-state index is 0.142. The lowest BCUT2D eigenvalue weighted by Crippen LogP contribution is -2.39. The van der Waals surface area contributed by atoms with E-state index in [4.69, 9.17) is 5.73 Å². The predicted molar refractivity (Wildman–Crippen MR) is 72.2 cm³/mol. The third kappa shape index (κ3) is 3.40. The van der Waals surface area contributed by atoms with Gasteiger partial charge in [0, 0.05) is 31.1 Å². The topological polar surface area (TPSA) is 104 Å². The van der Waals surface area contributed by atoms with Crippen LogP contribution in [-0.2, 0) is 4.79 Å². The van der Waals surface area contributed by atoms with Gasteiger partial charge in [-0.15, -0.1) is 0 Å². The zero-order valence-electron chi connectivity index (χ0n) is 11.1. The van der Waals surface area contributed by atoms with Crippen molar-refractivity contribution in [1.29, 1.82) is 0 Å². The van der Waals surface area contributed by atoms with Gasteiger partial charge in [-0.2, -0.15) is 0 Å². The molecule has 2 amide bonds. The van der Waals surface area contributed by atoms with Crippen molar-refractivity contribution in [1.82, 2.24) is 4.90 Å². The summed E-state index contributed by atoms with van der Waals surface area (Å²) < 4.78 is 0. The standard InChI is InChI=1S/C14H18N2O4/c15-13(19)5-9-1-3-16(4-2-9)14(20)10-6-11(17)8-12(18)7-10/h6-9,17-18H,1-5H2,(H2,15,19). The molecule has 20 heavy (non-hydrogen) atoms. The molecule has 0 atom stereocenters. The molecule has 108 valence electrons. The van der Waals surface area contributed by atoms with E-state index in [0.29, 0.717) is 19.5 Å². The second-order valence-corrected chi connectivity index (χ2v) is 5.14. The number of amides is 2. The molecule has 6 nitrogen and oxygen atoms in total. The molecule has 0 radical (unpaired) electrons. The van der Waals surface area contributed by atoms with Crippen LogP contribution in [-0.4, -0.2) is 40.0 Å². The van der Waals surface area contributed by atoms with Crippen LogP contribution in [0.15, 0.2) is 18.2 Å². The summed E-state index contributed by atoms with van der Waals surface area (Å²) in [7, 11) is 0. The monoisotopic (exact) mass is 278 g/mol. The molecule has 1 aliphatic rings. The Kier molecular flexibility index (Phi) is 4.12. The van der Waals surface area contributed by atoms with Gasteiger partial charge < -0.3 is 20.8 Å². The first kappa shape index (κ1) is 14.2. The van der Waals surface area contributed by atoms with Gasteiger partial charge in [0.1, 0.15) is 11.5 Å². The number of likely N-dealkylation sites (tertiary alicyclic amines) is 1. The summed E-state index contributed by atoms with van der Waals surface area (Å²) in [5, 5.41) is 18.8. The summed E-state index contributed by atoms with van der Waals surface area (Å²) >= 11 is 0. The van der Waals surface area contributed by atoms with Crippen molar-refractivity contribution in [2.24, 2.45) is 11.7 Å². The number of carbonyl (C=O) groups excluding carboxylic acids is 2. The fourth-order valence-corrected chi connectivity index (χ4v) is 2.53. The summed E-state index contributed by atoms with van der Waals surface area (Å²) in [4.78, 5) is 24.8. The van der Waals surface area contributed by atoms with E-state index in [9.17, 15) is 19.8 Å². The van der Waals surface area contributed by atoms with E-state index in [1.54, 1.807) is 4.90 Å². The highest BCUT2D eigenvalue weighted by Gasteiger charge is 2.25. The third-order valence-electron chi connectivity index (χ3n) is 3.54. The molecule has 1 aromatic carbocycles. The minimum atomic E-state index is -0.312. The van der Waals surface area contributed by atoms with Gasteiger partial charge in [0.25, 0.3) is 5.91 Å². The number of aromatic hydroxyl groups is 2. The van der Waals surface area contributed by atoms with Crippen molar-refractivity contribution in [2.75, 3.05) is 13.1 Å². The summed E-state index contributed by atoms with van der Waals surface area (Å²) in [5.41, 5.74) is 5.43.